The average Bonchev–Trinajstić information content (AvgIpc) is 2.84. The lowest BCUT2D eigenvalue weighted by Gasteiger charge is -2.22. The van der Waals surface area contributed by atoms with Crippen molar-refractivity contribution in [2.24, 2.45) is 0 Å². The van der Waals surface area contributed by atoms with Crippen LogP contribution >= 0.6 is 11.6 Å². The van der Waals surface area contributed by atoms with E-state index in [9.17, 15) is 14.0 Å². The lowest BCUT2D eigenvalue weighted by molar-refractivity contribution is -0.122. The topological polar surface area (TPSA) is 117 Å². The molecule has 178 valence electrons. The van der Waals surface area contributed by atoms with E-state index in [-0.39, 0.29) is 29.8 Å². The lowest BCUT2D eigenvalue weighted by atomic mass is 9.89. The first-order chi connectivity index (χ1) is 16.4. The fraction of sp³-hybridized carbons (Fsp3) is 0.240. The molecule has 9 heteroatoms. The Morgan fingerprint density at radius 1 is 1.26 bits per heavy atom. The molecule has 1 aliphatic heterocycles. The molecule has 2 heterocycles. The van der Waals surface area contributed by atoms with Crippen molar-refractivity contribution in [3.63, 3.8) is 0 Å². The van der Waals surface area contributed by atoms with Crippen molar-refractivity contribution in [2.45, 2.75) is 25.3 Å². The molecule has 1 atom stereocenters. The largest absolute Gasteiger partial charge is 0.400 e. The molecular weight excluding hydrogens is 459 g/mol. The van der Waals surface area contributed by atoms with Gasteiger partial charge in [-0.25, -0.2) is 9.37 Å². The Bertz CT molecular complexity index is 1190. The second kappa shape index (κ2) is 11.6. The number of anilines is 1. The number of nitrogen functional groups attached to an aromatic ring is 1. The number of pyridine rings is 1. The second-order valence-corrected chi connectivity index (χ2v) is 8.18. The van der Waals surface area contributed by atoms with Crippen LogP contribution in [0.3, 0.4) is 0 Å². The number of aliphatic hydroxyl groups excluding tert-OH is 1. The van der Waals surface area contributed by atoms with E-state index in [4.69, 9.17) is 22.4 Å². The Balaban J connectivity index is 0.00000158. The van der Waals surface area contributed by atoms with Crippen LogP contribution < -0.4 is 16.4 Å². The molecule has 1 saturated heterocycles. The number of carbonyl (C=O) groups is 2. The Morgan fingerprint density at radius 2 is 2.06 bits per heavy atom. The number of aromatic nitrogens is 1. The Hall–Kier alpha value is -3.49. The summed E-state index contributed by atoms with van der Waals surface area (Å²) in [5.41, 5.74) is 8.76. The number of benzene rings is 2. The zero-order valence-electron chi connectivity index (χ0n) is 18.6. The first kappa shape index (κ1) is 25.1. The zero-order chi connectivity index (χ0) is 24.7. The smallest absolute Gasteiger partial charge is 0.254 e. The minimum absolute atomic E-state index is 0.00110. The van der Waals surface area contributed by atoms with Crippen molar-refractivity contribution in [1.82, 2.24) is 15.6 Å². The number of halogens is 2. The molecule has 0 radical (unpaired) electrons. The minimum atomic E-state index is -0.659. The highest BCUT2D eigenvalue weighted by molar-refractivity contribution is 6.30. The third kappa shape index (κ3) is 6.09. The zero-order valence-corrected chi connectivity index (χ0v) is 19.4. The molecule has 0 spiro atoms. The number of rotatable bonds is 5. The van der Waals surface area contributed by atoms with Gasteiger partial charge in [0.15, 0.2) is 0 Å². The molecule has 1 unspecified atom stereocenters. The van der Waals surface area contributed by atoms with Gasteiger partial charge >= 0.3 is 0 Å². The summed E-state index contributed by atoms with van der Waals surface area (Å²) in [4.78, 5) is 28.4. The van der Waals surface area contributed by atoms with Crippen LogP contribution in [-0.4, -0.2) is 35.6 Å². The third-order valence-electron chi connectivity index (χ3n) is 5.52. The van der Waals surface area contributed by atoms with Gasteiger partial charge in [0.1, 0.15) is 11.6 Å². The number of piperidine rings is 1. The highest BCUT2D eigenvalue weighted by Crippen LogP contribution is 2.32. The average molecular weight is 485 g/mol. The summed E-state index contributed by atoms with van der Waals surface area (Å²) < 4.78 is 14.8. The number of nitrogens with two attached hydrogens (primary N) is 1. The minimum Gasteiger partial charge on any atom is -0.400 e. The number of nitrogens with zero attached hydrogens (tertiary/aromatic N) is 1. The first-order valence-corrected chi connectivity index (χ1v) is 11.1. The molecule has 0 aliphatic carbocycles. The second-order valence-electron chi connectivity index (χ2n) is 7.75. The van der Waals surface area contributed by atoms with Crippen LogP contribution in [0.5, 0.6) is 0 Å². The van der Waals surface area contributed by atoms with Gasteiger partial charge in [-0.2, -0.15) is 0 Å². The summed E-state index contributed by atoms with van der Waals surface area (Å²) in [6, 6.07) is 13.3. The van der Waals surface area contributed by atoms with Crippen LogP contribution in [0, 0.1) is 5.82 Å². The van der Waals surface area contributed by atoms with Gasteiger partial charge in [-0.05, 0) is 59.4 Å². The summed E-state index contributed by atoms with van der Waals surface area (Å²) in [5, 5.41) is 13.1. The van der Waals surface area contributed by atoms with E-state index in [1.165, 1.54) is 12.1 Å². The highest BCUT2D eigenvalue weighted by Gasteiger charge is 2.22. The van der Waals surface area contributed by atoms with Gasteiger partial charge in [-0.15, -0.1) is 0 Å². The van der Waals surface area contributed by atoms with E-state index in [1.807, 2.05) is 12.1 Å². The number of aliphatic hydroxyl groups is 1. The van der Waals surface area contributed by atoms with Crippen molar-refractivity contribution in [3.05, 3.63) is 82.3 Å². The van der Waals surface area contributed by atoms with Crippen LogP contribution in [0.2, 0.25) is 5.02 Å². The van der Waals surface area contributed by atoms with Gasteiger partial charge in [0, 0.05) is 43.4 Å². The van der Waals surface area contributed by atoms with Crippen LogP contribution in [-0.2, 0) is 11.3 Å². The molecule has 0 bridgehead atoms. The van der Waals surface area contributed by atoms with Crippen molar-refractivity contribution in [2.75, 3.05) is 19.4 Å². The fourth-order valence-corrected chi connectivity index (χ4v) is 4.02. The molecule has 34 heavy (non-hydrogen) atoms. The van der Waals surface area contributed by atoms with E-state index < -0.39 is 11.7 Å². The Morgan fingerprint density at radius 3 is 2.76 bits per heavy atom. The molecule has 7 nitrogen and oxygen atoms in total. The molecule has 3 aromatic rings. The highest BCUT2D eigenvalue weighted by atomic mass is 35.5. The normalized spacial score (nSPS) is 15.1. The molecule has 5 N–H and O–H groups in total. The summed E-state index contributed by atoms with van der Waals surface area (Å²) in [5.74, 6) is -0.891. The maximum Gasteiger partial charge on any atom is 0.254 e. The molecule has 1 aromatic heterocycles. The molecule has 1 aliphatic rings. The number of hydrogen-bond donors (Lipinski definition) is 4. The third-order valence-corrected chi connectivity index (χ3v) is 5.76. The van der Waals surface area contributed by atoms with Gasteiger partial charge in [-0.1, -0.05) is 29.8 Å². The van der Waals surface area contributed by atoms with E-state index in [2.05, 4.69) is 15.6 Å². The van der Waals surface area contributed by atoms with Gasteiger partial charge in [0.2, 0.25) is 5.91 Å². The maximum atomic E-state index is 14.8. The van der Waals surface area contributed by atoms with E-state index >= 15 is 0 Å². The quantitative estimate of drug-likeness (QED) is 0.441. The summed E-state index contributed by atoms with van der Waals surface area (Å²) in [6.45, 7) is 0.839. The molecule has 4 rings (SSSR count). The van der Waals surface area contributed by atoms with Gasteiger partial charge in [0.25, 0.3) is 5.91 Å². The van der Waals surface area contributed by atoms with Crippen molar-refractivity contribution >= 4 is 29.2 Å². The number of nitrogens with one attached hydrogen (secondary N) is 2. The van der Waals surface area contributed by atoms with Crippen LogP contribution in [0.15, 0.2) is 54.7 Å². The van der Waals surface area contributed by atoms with E-state index in [0.717, 1.165) is 24.7 Å². The van der Waals surface area contributed by atoms with Gasteiger partial charge in [-0.3, -0.25) is 9.59 Å². The standard InChI is InChI=1S/C24H22ClFN4O2.CH4O/c25-18-3-1-2-14(8-18)12-30-24(32)19-5-4-16(10-21(19)26)20-9-17(13-29-23(20)27)15-6-7-28-22(31)11-15;1-2/h1-5,8-10,13,15H,6-7,11-12H2,(H2,27,29)(H,28,31)(H,30,32);2H,1H3. The fourth-order valence-electron chi connectivity index (χ4n) is 3.81. The summed E-state index contributed by atoms with van der Waals surface area (Å²) in [7, 11) is 1.00. The van der Waals surface area contributed by atoms with E-state index in [0.29, 0.717) is 29.1 Å². The van der Waals surface area contributed by atoms with Crippen molar-refractivity contribution in [1.29, 1.82) is 0 Å². The molecule has 0 saturated carbocycles. The van der Waals surface area contributed by atoms with Gasteiger partial charge < -0.3 is 21.5 Å². The molecular formula is C25H26ClFN4O3. The molecule has 1 fully saturated rings. The molecule has 2 aromatic carbocycles. The summed E-state index contributed by atoms with van der Waals surface area (Å²) in [6.07, 6.45) is 2.85. The van der Waals surface area contributed by atoms with Crippen LogP contribution in [0.4, 0.5) is 10.2 Å². The van der Waals surface area contributed by atoms with Gasteiger partial charge in [0.05, 0.1) is 5.56 Å². The lowest BCUT2D eigenvalue weighted by Crippen LogP contribution is -2.32. The van der Waals surface area contributed by atoms with Crippen LogP contribution in [0.1, 0.15) is 40.2 Å². The van der Waals surface area contributed by atoms with Crippen LogP contribution in [0.25, 0.3) is 11.1 Å². The Kier molecular flexibility index (Phi) is 8.56. The predicted octanol–water partition coefficient (Wildman–Crippen LogP) is 3.66. The number of amides is 2. The first-order valence-electron chi connectivity index (χ1n) is 10.7. The monoisotopic (exact) mass is 484 g/mol. The number of carbonyl (C=O) groups excluding carboxylic acids is 2. The van der Waals surface area contributed by atoms with E-state index in [1.54, 1.807) is 30.5 Å². The number of hydrogen-bond acceptors (Lipinski definition) is 5. The maximum absolute atomic E-state index is 14.8. The predicted molar refractivity (Wildman–Crippen MR) is 130 cm³/mol. The SMILES string of the molecule is CO.Nc1ncc(C2CCNC(=O)C2)cc1-c1ccc(C(=O)NCc2cccc(Cl)c2)c(F)c1. The summed E-state index contributed by atoms with van der Waals surface area (Å²) >= 11 is 5.95. The Labute approximate surface area is 202 Å². The molecule has 2 amide bonds. The van der Waals surface area contributed by atoms with Crippen molar-refractivity contribution in [3.8, 4) is 11.1 Å². The van der Waals surface area contributed by atoms with Crippen molar-refractivity contribution < 1.29 is 19.1 Å².